The average Bonchev–Trinajstić information content (AvgIpc) is 3.90. The summed E-state index contributed by atoms with van der Waals surface area (Å²) in [7, 11) is 6.53. The van der Waals surface area contributed by atoms with Gasteiger partial charge in [-0.25, -0.2) is 14.1 Å². The molecular formula is C54H91FN6O17S. The summed E-state index contributed by atoms with van der Waals surface area (Å²) in [5.74, 6) is -4.13. The number of cyclic esters (lactones) is 1. The van der Waals surface area contributed by atoms with Gasteiger partial charge in [-0.1, -0.05) is 44.1 Å². The molecule has 0 aliphatic carbocycles. The number of rotatable bonds is 22. The van der Waals surface area contributed by atoms with Crippen LogP contribution in [0.4, 0.5) is 4.39 Å². The molecule has 5 heterocycles. The first kappa shape index (κ1) is 66.5. The van der Waals surface area contributed by atoms with Crippen molar-refractivity contribution in [3.8, 4) is 0 Å². The SMILES string of the molecule is CC[C@H]1OC(=O)[C@H](C)[C@@H](O[C@H]2C[C@@](C)(OC)[C@@H](O)[C@H](C)O2)[C@H](C)[C@@H](O[C@@H]2O[C@H](C)C[C@H](N(C)CCc3cn([C@H](CF)[C@H](OC)c4ccc(S(C)=O)nc4)nn3)[C@H]2O)[C@](C)(OC)C[C@@H](C)/C(=N\OCOCOC)[C@H](C)[C@@H](O)[C@]1(C)O. The number of pyridine rings is 1. The Balaban J connectivity index is 1.52. The van der Waals surface area contributed by atoms with E-state index in [0.717, 1.165) is 0 Å². The molecule has 3 aliphatic rings. The molecule has 0 bridgehead atoms. The Bertz CT molecular complexity index is 2260. The number of carbonyl (C=O) groups is 1. The van der Waals surface area contributed by atoms with Crippen molar-refractivity contribution in [2.45, 2.75) is 203 Å². The van der Waals surface area contributed by atoms with Crippen molar-refractivity contribution in [2.24, 2.45) is 28.8 Å². The van der Waals surface area contributed by atoms with Crippen LogP contribution in [0.1, 0.15) is 118 Å². The number of carbonyl (C=O) groups excluding carboxylic acids is 1. The van der Waals surface area contributed by atoms with Crippen molar-refractivity contribution >= 4 is 22.5 Å². The predicted molar refractivity (Wildman–Crippen MR) is 286 cm³/mol. The number of oxime groups is 1. The summed E-state index contributed by atoms with van der Waals surface area (Å²) in [5, 5.41) is 61.4. The molecule has 79 heavy (non-hydrogen) atoms. The quantitative estimate of drug-likeness (QED) is 0.0560. The van der Waals surface area contributed by atoms with E-state index in [1.165, 1.54) is 52.5 Å². The number of esters is 1. The summed E-state index contributed by atoms with van der Waals surface area (Å²) in [6, 6.07) is 1.92. The van der Waals surface area contributed by atoms with E-state index in [-0.39, 0.29) is 32.8 Å². The maximum Gasteiger partial charge on any atom is 0.311 e. The Morgan fingerprint density at radius 3 is 2.25 bits per heavy atom. The molecule has 2 aromatic heterocycles. The first-order valence-electron chi connectivity index (χ1n) is 27.2. The maximum atomic E-state index is 14.8. The lowest BCUT2D eigenvalue weighted by Gasteiger charge is -2.50. The molecule has 21 atom stereocenters. The molecule has 3 aliphatic heterocycles. The fourth-order valence-electron chi connectivity index (χ4n) is 11.5. The van der Waals surface area contributed by atoms with Crippen molar-refractivity contribution in [2.75, 3.05) is 68.5 Å². The van der Waals surface area contributed by atoms with E-state index in [9.17, 15) is 33.8 Å². The molecule has 0 spiro atoms. The monoisotopic (exact) mass is 1150 g/mol. The van der Waals surface area contributed by atoms with Gasteiger partial charge in [0.2, 0.25) is 6.79 Å². The van der Waals surface area contributed by atoms with Crippen LogP contribution < -0.4 is 0 Å². The molecule has 0 amide bonds. The highest BCUT2D eigenvalue weighted by molar-refractivity contribution is 7.84. The lowest BCUT2D eigenvalue weighted by molar-refractivity contribution is -0.319. The van der Waals surface area contributed by atoms with E-state index in [4.69, 9.17) is 52.2 Å². The molecule has 452 valence electrons. The number of ether oxygens (including phenoxy) is 10. The van der Waals surface area contributed by atoms with Gasteiger partial charge in [-0.3, -0.25) is 9.00 Å². The number of aliphatic hydroxyl groups excluding tert-OH is 3. The van der Waals surface area contributed by atoms with E-state index < -0.39 is 144 Å². The minimum Gasteiger partial charge on any atom is -0.459 e. The van der Waals surface area contributed by atoms with E-state index in [2.05, 4.69) is 20.5 Å². The standard InChI is InChI=1S/C54H91FN6O17S/c1-17-40-54(10,66)47(63)32(4)43(58-73-29-72-28-68-12)30(2)23-53(9,71-15)49(33(5)45(34(6)50(65)76-40)77-42-24-52(8,70-14)48(64)35(7)75-42)78-51-44(62)38(22-31(3)74-51)60(11)21-20-37-27-61(59-57-37)39(25-55)46(69-13)36-18-19-41(56-26-36)79(16)67/h18-19,26-27,30-35,38-40,42,44-49,51,62-64,66H,17,20-25,28-29H2,1-16H3/b58-43+/t30-,31-,32+,33+,34-,35+,38+,39-,40-,42+,44-,45+,46-,47-,48+,49-,51+,52-,53-,54-,79?/m1/s1. The van der Waals surface area contributed by atoms with Crippen LogP contribution in [0.25, 0.3) is 0 Å². The highest BCUT2D eigenvalue weighted by Crippen LogP contribution is 2.42. The number of likely N-dealkylation sites (N-methyl/N-ethyl adjacent to an activating group) is 1. The zero-order valence-corrected chi connectivity index (χ0v) is 49.9. The first-order valence-corrected chi connectivity index (χ1v) is 28.8. The molecule has 0 aromatic carbocycles. The van der Waals surface area contributed by atoms with Crippen LogP contribution in [0, 0.1) is 23.7 Å². The first-order chi connectivity index (χ1) is 37.2. The van der Waals surface area contributed by atoms with Crippen LogP contribution in [-0.4, -0.2) is 214 Å². The summed E-state index contributed by atoms with van der Waals surface area (Å²) in [5.41, 5.74) is -2.97. The van der Waals surface area contributed by atoms with Crippen molar-refractivity contribution in [1.82, 2.24) is 24.9 Å². The van der Waals surface area contributed by atoms with Gasteiger partial charge in [0.1, 0.15) is 54.6 Å². The van der Waals surface area contributed by atoms with E-state index in [0.29, 0.717) is 41.4 Å². The number of aliphatic hydroxyl groups is 4. The lowest BCUT2D eigenvalue weighted by Crippen LogP contribution is -2.61. The second-order valence-electron chi connectivity index (χ2n) is 22.3. The zero-order chi connectivity index (χ0) is 58.7. The van der Waals surface area contributed by atoms with Gasteiger partial charge in [-0.15, -0.1) is 5.10 Å². The summed E-state index contributed by atoms with van der Waals surface area (Å²) in [4.78, 5) is 26.6. The number of halogens is 1. The molecule has 5 rings (SSSR count). The fraction of sp³-hybridized carbons (Fsp3) is 0.833. The molecule has 3 saturated heterocycles. The van der Waals surface area contributed by atoms with Crippen molar-refractivity contribution in [1.29, 1.82) is 0 Å². The van der Waals surface area contributed by atoms with Crippen LogP contribution in [0.2, 0.25) is 0 Å². The smallest absolute Gasteiger partial charge is 0.311 e. The van der Waals surface area contributed by atoms with Crippen LogP contribution in [0.5, 0.6) is 0 Å². The topological polar surface area (TPSA) is 276 Å². The summed E-state index contributed by atoms with van der Waals surface area (Å²) in [6.45, 7) is 16.6. The van der Waals surface area contributed by atoms with Crippen LogP contribution in [0.3, 0.4) is 0 Å². The van der Waals surface area contributed by atoms with Gasteiger partial charge in [0.15, 0.2) is 12.6 Å². The van der Waals surface area contributed by atoms with E-state index >= 15 is 0 Å². The molecule has 0 saturated carbocycles. The largest absolute Gasteiger partial charge is 0.459 e. The number of alkyl halides is 1. The van der Waals surface area contributed by atoms with Gasteiger partial charge in [0.05, 0.1) is 69.8 Å². The molecule has 25 heteroatoms. The van der Waals surface area contributed by atoms with Gasteiger partial charge >= 0.3 is 5.97 Å². The van der Waals surface area contributed by atoms with E-state index in [1.54, 1.807) is 52.9 Å². The molecule has 23 nitrogen and oxygen atoms in total. The van der Waals surface area contributed by atoms with E-state index in [1.807, 2.05) is 39.6 Å². The lowest BCUT2D eigenvalue weighted by atomic mass is 9.73. The van der Waals surface area contributed by atoms with Gasteiger partial charge < -0.3 is 77.5 Å². The summed E-state index contributed by atoms with van der Waals surface area (Å²) < 4.78 is 89.7. The van der Waals surface area contributed by atoms with Gasteiger partial charge in [0, 0.05) is 95.8 Å². The minimum absolute atomic E-state index is 0.0702. The fourth-order valence-corrected chi connectivity index (χ4v) is 12.0. The third-order valence-electron chi connectivity index (χ3n) is 16.5. The molecule has 1 unspecified atom stereocenters. The van der Waals surface area contributed by atoms with Gasteiger partial charge in [0.25, 0.3) is 0 Å². The number of hydrogen-bond donors (Lipinski definition) is 4. The van der Waals surface area contributed by atoms with Gasteiger partial charge in [-0.05, 0) is 73.9 Å². The summed E-state index contributed by atoms with van der Waals surface area (Å²) in [6.07, 6.45) is -5.63. The normalized spacial score (nSPS) is 38.0. The Kier molecular flexibility index (Phi) is 24.7. The Morgan fingerprint density at radius 1 is 0.962 bits per heavy atom. The van der Waals surface area contributed by atoms with Gasteiger partial charge in [-0.2, -0.15) is 0 Å². The Labute approximate surface area is 467 Å². The third kappa shape index (κ3) is 15.9. The second kappa shape index (κ2) is 29.3. The number of nitrogens with zero attached hydrogens (tertiary/aromatic N) is 6. The Morgan fingerprint density at radius 2 is 1.66 bits per heavy atom. The zero-order valence-electron chi connectivity index (χ0n) is 49.1. The third-order valence-corrected chi connectivity index (χ3v) is 17.3. The van der Waals surface area contributed by atoms with Crippen molar-refractivity contribution in [3.63, 3.8) is 0 Å². The highest BCUT2D eigenvalue weighted by Gasteiger charge is 2.54. The molecular weight excluding hydrogens is 1060 g/mol. The van der Waals surface area contributed by atoms with Crippen molar-refractivity contribution in [3.05, 3.63) is 35.8 Å². The number of methoxy groups -OCH3 is 4. The van der Waals surface area contributed by atoms with Crippen LogP contribution >= 0.6 is 0 Å². The number of hydrogen-bond acceptors (Lipinski definition) is 22. The molecule has 0 radical (unpaired) electrons. The van der Waals surface area contributed by atoms with Crippen LogP contribution in [0.15, 0.2) is 34.7 Å². The minimum atomic E-state index is -2.00. The van der Waals surface area contributed by atoms with Crippen LogP contribution in [-0.2, 0) is 74.2 Å². The summed E-state index contributed by atoms with van der Waals surface area (Å²) >= 11 is 0. The molecule has 4 N–H and O–H groups in total. The highest BCUT2D eigenvalue weighted by atomic mass is 32.2. The maximum absolute atomic E-state index is 14.8. The van der Waals surface area contributed by atoms with Crippen molar-refractivity contribution < 1.29 is 86.0 Å². The number of aromatic nitrogens is 4. The average molecular weight is 1150 g/mol. The predicted octanol–water partition coefficient (Wildman–Crippen LogP) is 4.06. The Hall–Kier alpha value is -3.25. The second-order valence-corrected chi connectivity index (χ2v) is 23.6. The molecule has 2 aromatic rings. The molecule has 3 fully saturated rings.